The van der Waals surface area contributed by atoms with Crippen LogP contribution >= 0.6 is 23.2 Å². The number of hydrogen-bond donors (Lipinski definition) is 0. The van der Waals surface area contributed by atoms with Crippen LogP contribution in [0.5, 0.6) is 5.75 Å². The Kier molecular flexibility index (Phi) is 5.64. The first-order valence-corrected chi connectivity index (χ1v) is 9.00. The summed E-state index contributed by atoms with van der Waals surface area (Å²) in [5.41, 5.74) is 1.82. The van der Waals surface area contributed by atoms with Gasteiger partial charge in [0.25, 0.3) is 11.8 Å². The summed E-state index contributed by atoms with van der Waals surface area (Å²) >= 11 is 12.0. The number of carbonyl (C=O) groups excluding carboxylic acids is 2. The lowest BCUT2D eigenvalue weighted by molar-refractivity contribution is -0.136. The van der Waals surface area contributed by atoms with Crippen molar-refractivity contribution in [2.45, 2.75) is 13.3 Å². The lowest BCUT2D eigenvalue weighted by Gasteiger charge is -2.15. The molecule has 0 saturated carbocycles. The van der Waals surface area contributed by atoms with Crippen molar-refractivity contribution in [3.63, 3.8) is 0 Å². The molecule has 0 fully saturated rings. The zero-order chi connectivity index (χ0) is 18.7. The van der Waals surface area contributed by atoms with Crippen LogP contribution in [0.25, 0.3) is 5.57 Å². The van der Waals surface area contributed by atoms with Crippen LogP contribution in [-0.4, -0.2) is 29.9 Å². The molecule has 1 aliphatic heterocycles. The number of carbonyl (C=O) groups is 2. The van der Waals surface area contributed by atoms with Gasteiger partial charge in [0, 0.05) is 11.6 Å². The van der Waals surface area contributed by atoms with Crippen LogP contribution in [0.3, 0.4) is 0 Å². The third kappa shape index (κ3) is 3.76. The molecule has 0 atom stereocenters. The van der Waals surface area contributed by atoms with E-state index >= 15 is 0 Å². The molecule has 2 aromatic rings. The van der Waals surface area contributed by atoms with Crippen LogP contribution < -0.4 is 4.74 Å². The second kappa shape index (κ2) is 7.94. The first-order valence-electron chi connectivity index (χ1n) is 8.25. The molecular formula is C20H17Cl2NO3. The van der Waals surface area contributed by atoms with Gasteiger partial charge in [0.1, 0.15) is 10.8 Å². The van der Waals surface area contributed by atoms with Crippen LogP contribution in [0.2, 0.25) is 5.02 Å². The Morgan fingerprint density at radius 2 is 1.58 bits per heavy atom. The predicted octanol–water partition coefficient (Wildman–Crippen LogP) is 4.30. The maximum atomic E-state index is 12.7. The van der Waals surface area contributed by atoms with Crippen molar-refractivity contribution >= 4 is 40.6 Å². The van der Waals surface area contributed by atoms with Crippen LogP contribution in [0.15, 0.2) is 53.6 Å². The van der Waals surface area contributed by atoms with E-state index < -0.39 is 5.91 Å². The topological polar surface area (TPSA) is 46.6 Å². The zero-order valence-corrected chi connectivity index (χ0v) is 15.7. The monoisotopic (exact) mass is 389 g/mol. The summed E-state index contributed by atoms with van der Waals surface area (Å²) in [6.45, 7) is 2.71. The van der Waals surface area contributed by atoms with Gasteiger partial charge in [0.05, 0.1) is 12.2 Å². The molecule has 0 spiro atoms. The summed E-state index contributed by atoms with van der Waals surface area (Å²) in [5.74, 6) is -0.142. The van der Waals surface area contributed by atoms with Gasteiger partial charge in [-0.1, -0.05) is 47.5 Å². The van der Waals surface area contributed by atoms with Crippen molar-refractivity contribution in [2.75, 3.05) is 13.2 Å². The van der Waals surface area contributed by atoms with Gasteiger partial charge >= 0.3 is 0 Å². The van der Waals surface area contributed by atoms with Gasteiger partial charge in [-0.25, -0.2) is 0 Å². The summed E-state index contributed by atoms with van der Waals surface area (Å²) in [4.78, 5) is 26.3. The Morgan fingerprint density at radius 3 is 2.19 bits per heavy atom. The highest BCUT2D eigenvalue weighted by Crippen LogP contribution is 2.32. The Morgan fingerprint density at radius 1 is 0.923 bits per heavy atom. The normalized spacial score (nSPS) is 14.3. The molecule has 134 valence electrons. The summed E-state index contributed by atoms with van der Waals surface area (Å²) in [6, 6.07) is 14.3. The second-order valence-corrected chi connectivity index (χ2v) is 6.60. The van der Waals surface area contributed by atoms with Crippen LogP contribution in [0.1, 0.15) is 18.1 Å². The number of nitrogens with zero attached hydrogens (tertiary/aromatic N) is 1. The fraction of sp³-hybridized carbons (Fsp3) is 0.200. The van der Waals surface area contributed by atoms with Crippen LogP contribution in [-0.2, 0) is 16.0 Å². The van der Waals surface area contributed by atoms with Crippen molar-refractivity contribution < 1.29 is 14.3 Å². The van der Waals surface area contributed by atoms with E-state index in [9.17, 15) is 9.59 Å². The highest BCUT2D eigenvalue weighted by molar-refractivity contribution is 6.55. The third-order valence-corrected chi connectivity index (χ3v) is 4.71. The van der Waals surface area contributed by atoms with Gasteiger partial charge in [0.2, 0.25) is 0 Å². The third-order valence-electron chi connectivity index (χ3n) is 4.10. The molecule has 4 nitrogen and oxygen atoms in total. The molecule has 1 heterocycles. The van der Waals surface area contributed by atoms with Crippen molar-refractivity contribution in [3.8, 4) is 5.75 Å². The van der Waals surface area contributed by atoms with E-state index in [1.807, 2.05) is 19.1 Å². The maximum absolute atomic E-state index is 12.7. The van der Waals surface area contributed by atoms with E-state index in [2.05, 4.69) is 0 Å². The van der Waals surface area contributed by atoms with Crippen LogP contribution in [0, 0.1) is 0 Å². The largest absolute Gasteiger partial charge is 0.494 e. The summed E-state index contributed by atoms with van der Waals surface area (Å²) in [7, 11) is 0. The Balaban J connectivity index is 1.75. The number of halogens is 2. The number of benzene rings is 2. The molecule has 0 saturated heterocycles. The molecule has 0 unspecified atom stereocenters. The minimum absolute atomic E-state index is 0.0460. The van der Waals surface area contributed by atoms with Gasteiger partial charge < -0.3 is 4.74 Å². The maximum Gasteiger partial charge on any atom is 0.273 e. The number of amides is 2. The molecule has 2 amide bonds. The van der Waals surface area contributed by atoms with Gasteiger partial charge in [-0.05, 0) is 48.7 Å². The molecule has 3 rings (SSSR count). The predicted molar refractivity (Wildman–Crippen MR) is 102 cm³/mol. The number of ether oxygens (including phenoxy) is 1. The fourth-order valence-electron chi connectivity index (χ4n) is 2.78. The highest BCUT2D eigenvalue weighted by Gasteiger charge is 2.37. The average Bonchev–Trinajstić information content (AvgIpc) is 2.85. The smallest absolute Gasteiger partial charge is 0.273 e. The summed E-state index contributed by atoms with van der Waals surface area (Å²) in [5, 5.41) is 0.597. The molecule has 0 aliphatic carbocycles. The van der Waals surface area contributed by atoms with Crippen molar-refractivity contribution in [2.24, 2.45) is 0 Å². The Labute approximate surface area is 162 Å². The van der Waals surface area contributed by atoms with E-state index in [4.69, 9.17) is 27.9 Å². The summed E-state index contributed by atoms with van der Waals surface area (Å²) < 4.78 is 5.39. The van der Waals surface area contributed by atoms with Gasteiger partial charge in [-0.2, -0.15) is 0 Å². The number of hydrogen-bond acceptors (Lipinski definition) is 3. The molecule has 26 heavy (non-hydrogen) atoms. The molecule has 6 heteroatoms. The lowest BCUT2D eigenvalue weighted by Crippen LogP contribution is -2.33. The van der Waals surface area contributed by atoms with E-state index in [1.54, 1.807) is 36.4 Å². The number of imide groups is 1. The van der Waals surface area contributed by atoms with Crippen molar-refractivity contribution in [1.29, 1.82) is 0 Å². The van der Waals surface area contributed by atoms with Gasteiger partial charge in [0.15, 0.2) is 0 Å². The number of rotatable bonds is 6. The molecule has 0 N–H and O–H groups in total. The van der Waals surface area contributed by atoms with Crippen LogP contribution in [0.4, 0.5) is 0 Å². The van der Waals surface area contributed by atoms with E-state index in [1.165, 1.54) is 4.90 Å². The molecule has 0 aromatic heterocycles. The minimum atomic E-state index is -0.463. The zero-order valence-electron chi connectivity index (χ0n) is 14.2. The van der Waals surface area contributed by atoms with E-state index in [0.717, 1.165) is 5.56 Å². The van der Waals surface area contributed by atoms with Crippen molar-refractivity contribution in [3.05, 3.63) is 69.7 Å². The van der Waals surface area contributed by atoms with Gasteiger partial charge in [-0.3, -0.25) is 14.5 Å². The average molecular weight is 390 g/mol. The van der Waals surface area contributed by atoms with Crippen molar-refractivity contribution in [1.82, 2.24) is 4.90 Å². The molecular weight excluding hydrogens is 373 g/mol. The second-order valence-electron chi connectivity index (χ2n) is 5.78. The van der Waals surface area contributed by atoms with E-state index in [0.29, 0.717) is 29.4 Å². The summed E-state index contributed by atoms with van der Waals surface area (Å²) in [6.07, 6.45) is 0.537. The first kappa shape index (κ1) is 18.5. The van der Waals surface area contributed by atoms with E-state index in [-0.39, 0.29) is 23.1 Å². The Bertz CT molecular complexity index is 858. The molecule has 2 aromatic carbocycles. The highest BCUT2D eigenvalue weighted by atomic mass is 35.5. The SMILES string of the molecule is CCOc1ccc(C2=C(Cl)C(=O)N(CCc3ccc(Cl)cc3)C2=O)cc1. The lowest BCUT2D eigenvalue weighted by atomic mass is 10.1. The fourth-order valence-corrected chi connectivity index (χ4v) is 3.19. The first-order chi connectivity index (χ1) is 12.5. The Hall–Kier alpha value is -2.30. The quantitative estimate of drug-likeness (QED) is 0.691. The standard InChI is InChI=1S/C20H17Cl2NO3/c1-2-26-16-9-5-14(6-10-16)17-18(22)20(25)23(19(17)24)12-11-13-3-7-15(21)8-4-13/h3-10H,2,11-12H2,1H3. The molecule has 0 radical (unpaired) electrons. The minimum Gasteiger partial charge on any atom is -0.494 e. The molecule has 0 bridgehead atoms. The molecule has 1 aliphatic rings. The van der Waals surface area contributed by atoms with Gasteiger partial charge in [-0.15, -0.1) is 0 Å².